The Hall–Kier alpha value is -0.820. The third-order valence-corrected chi connectivity index (χ3v) is 4.46. The van der Waals surface area contributed by atoms with Gasteiger partial charge in [-0.1, -0.05) is 66.2 Å². The van der Waals surface area contributed by atoms with Crippen molar-refractivity contribution in [2.24, 2.45) is 5.92 Å². The van der Waals surface area contributed by atoms with Crippen LogP contribution in [0.25, 0.3) is 10.8 Å². The molecule has 2 rings (SSSR count). The van der Waals surface area contributed by atoms with Crippen molar-refractivity contribution in [1.82, 2.24) is 0 Å². The fourth-order valence-corrected chi connectivity index (χ4v) is 3.04. The van der Waals surface area contributed by atoms with Gasteiger partial charge in [0.25, 0.3) is 0 Å². The second kappa shape index (κ2) is 5.88. The van der Waals surface area contributed by atoms with Gasteiger partial charge in [0.2, 0.25) is 0 Å². The van der Waals surface area contributed by atoms with E-state index in [1.54, 1.807) is 0 Å². The van der Waals surface area contributed by atoms with Gasteiger partial charge in [-0.15, -0.1) is 0 Å². The van der Waals surface area contributed by atoms with Gasteiger partial charge in [0.15, 0.2) is 0 Å². The number of fused-ring (bicyclic) bond motifs is 1. The summed E-state index contributed by atoms with van der Waals surface area (Å²) in [5.41, 5.74) is 2.79. The van der Waals surface area contributed by atoms with Crippen molar-refractivity contribution in [3.8, 4) is 0 Å². The smallest absolute Gasteiger partial charge is 0.0401 e. The lowest BCUT2D eigenvalue weighted by atomic mass is 9.95. The van der Waals surface area contributed by atoms with Crippen molar-refractivity contribution in [1.29, 1.82) is 0 Å². The molecule has 0 saturated heterocycles. The van der Waals surface area contributed by atoms with Crippen molar-refractivity contribution in [3.05, 3.63) is 47.5 Å². The first-order valence-corrected chi connectivity index (χ1v) is 7.63. The summed E-state index contributed by atoms with van der Waals surface area (Å²) in [5, 5.41) is 2.77. The molecule has 1 heteroatoms. The van der Waals surface area contributed by atoms with Crippen LogP contribution in [0.3, 0.4) is 0 Å². The molecule has 0 aromatic heterocycles. The molecule has 0 aliphatic heterocycles. The first-order valence-electron chi connectivity index (χ1n) is 6.72. The summed E-state index contributed by atoms with van der Waals surface area (Å²) in [7, 11) is 0. The zero-order valence-corrected chi connectivity index (χ0v) is 13.0. The molecule has 0 amide bonds. The minimum absolute atomic E-state index is 0.463. The first-order chi connectivity index (χ1) is 8.59. The molecular weight excluding hydrogens is 284 g/mol. The fraction of sp³-hybridized carbons (Fsp3) is 0.412. The number of alkyl halides is 1. The third kappa shape index (κ3) is 2.95. The largest absolute Gasteiger partial charge is 0.0839 e. The Morgan fingerprint density at radius 3 is 2.28 bits per heavy atom. The van der Waals surface area contributed by atoms with E-state index in [4.69, 9.17) is 0 Å². The third-order valence-electron chi connectivity index (χ3n) is 3.51. The Morgan fingerprint density at radius 2 is 1.61 bits per heavy atom. The normalized spacial score (nSPS) is 13.2. The molecule has 0 N–H and O–H groups in total. The quantitative estimate of drug-likeness (QED) is 0.606. The average Bonchev–Trinajstić information content (AvgIpc) is 2.37. The first kappa shape index (κ1) is 13.6. The molecule has 0 nitrogen and oxygen atoms in total. The van der Waals surface area contributed by atoms with Crippen LogP contribution in [0.2, 0.25) is 0 Å². The van der Waals surface area contributed by atoms with Gasteiger partial charge in [-0.25, -0.2) is 0 Å². The van der Waals surface area contributed by atoms with E-state index in [0.717, 1.165) is 5.92 Å². The van der Waals surface area contributed by atoms with Crippen LogP contribution in [0.5, 0.6) is 0 Å². The number of halogens is 1. The van der Waals surface area contributed by atoms with Crippen LogP contribution >= 0.6 is 15.9 Å². The number of hydrogen-bond acceptors (Lipinski definition) is 0. The maximum atomic E-state index is 3.86. The number of hydrogen-bond donors (Lipinski definition) is 0. The summed E-state index contributed by atoms with van der Waals surface area (Å²) in [6.45, 7) is 6.75. The Bertz CT molecular complexity index is 528. The van der Waals surface area contributed by atoms with Gasteiger partial charge in [0.05, 0.1) is 0 Å². The molecule has 0 radical (unpaired) electrons. The lowest BCUT2D eigenvalue weighted by molar-refractivity contribution is 0.555. The highest BCUT2D eigenvalue weighted by molar-refractivity contribution is 9.09. The van der Waals surface area contributed by atoms with E-state index in [0.29, 0.717) is 4.83 Å². The monoisotopic (exact) mass is 304 g/mol. The molecule has 18 heavy (non-hydrogen) atoms. The van der Waals surface area contributed by atoms with E-state index in [2.05, 4.69) is 73.1 Å². The van der Waals surface area contributed by atoms with E-state index >= 15 is 0 Å². The highest BCUT2D eigenvalue weighted by Gasteiger charge is 2.12. The lowest BCUT2D eigenvalue weighted by Crippen LogP contribution is -1.96. The van der Waals surface area contributed by atoms with Crippen molar-refractivity contribution in [2.75, 3.05) is 0 Å². The standard InChI is InChI=1S/C17H21Br/c1-12(2)8-11-17(18)16-10-9-13(3)14-6-4-5-7-15(14)16/h4-7,9-10,12,17H,8,11H2,1-3H3. The molecule has 1 unspecified atom stereocenters. The van der Waals surface area contributed by atoms with E-state index < -0.39 is 0 Å². The molecule has 0 spiro atoms. The van der Waals surface area contributed by atoms with Gasteiger partial charge in [0.1, 0.15) is 0 Å². The predicted molar refractivity (Wildman–Crippen MR) is 84.4 cm³/mol. The minimum atomic E-state index is 0.463. The minimum Gasteiger partial charge on any atom is -0.0839 e. The zero-order chi connectivity index (χ0) is 13.1. The van der Waals surface area contributed by atoms with Crippen LogP contribution in [-0.2, 0) is 0 Å². The molecule has 0 aliphatic rings. The molecule has 0 heterocycles. The van der Waals surface area contributed by atoms with Gasteiger partial charge in [-0.2, -0.15) is 0 Å². The van der Waals surface area contributed by atoms with Gasteiger partial charge in [-0.3, -0.25) is 0 Å². The highest BCUT2D eigenvalue weighted by atomic mass is 79.9. The van der Waals surface area contributed by atoms with Crippen LogP contribution in [0.1, 0.15) is 42.6 Å². The summed E-state index contributed by atoms with van der Waals surface area (Å²) in [6, 6.07) is 13.2. The second-order valence-corrected chi connectivity index (χ2v) is 6.56. The molecule has 2 aromatic rings. The van der Waals surface area contributed by atoms with E-state index in [1.165, 1.54) is 34.7 Å². The van der Waals surface area contributed by atoms with Crippen LogP contribution in [-0.4, -0.2) is 0 Å². The molecule has 0 aliphatic carbocycles. The predicted octanol–water partition coefficient (Wildman–Crippen LogP) is 6.02. The SMILES string of the molecule is Cc1ccc(C(Br)CCC(C)C)c2ccccc12. The Morgan fingerprint density at radius 1 is 0.944 bits per heavy atom. The van der Waals surface area contributed by atoms with Crippen LogP contribution in [0, 0.1) is 12.8 Å². The average molecular weight is 305 g/mol. The summed E-state index contributed by atoms with van der Waals surface area (Å²) >= 11 is 3.86. The number of benzene rings is 2. The van der Waals surface area contributed by atoms with Crippen LogP contribution < -0.4 is 0 Å². The Labute approximate surface area is 119 Å². The molecular formula is C17H21Br. The van der Waals surface area contributed by atoms with Gasteiger partial charge < -0.3 is 0 Å². The molecule has 0 bridgehead atoms. The Balaban J connectivity index is 2.36. The highest BCUT2D eigenvalue weighted by Crippen LogP contribution is 2.35. The van der Waals surface area contributed by atoms with E-state index in [-0.39, 0.29) is 0 Å². The van der Waals surface area contributed by atoms with Gasteiger partial charge in [-0.05, 0) is 47.6 Å². The van der Waals surface area contributed by atoms with Crippen LogP contribution in [0.15, 0.2) is 36.4 Å². The Kier molecular flexibility index (Phi) is 4.45. The van der Waals surface area contributed by atoms with Crippen LogP contribution in [0.4, 0.5) is 0 Å². The van der Waals surface area contributed by atoms with Crippen molar-refractivity contribution >= 4 is 26.7 Å². The van der Waals surface area contributed by atoms with E-state index in [1.807, 2.05) is 0 Å². The fourth-order valence-electron chi connectivity index (χ4n) is 2.38. The van der Waals surface area contributed by atoms with E-state index in [9.17, 15) is 0 Å². The topological polar surface area (TPSA) is 0 Å². The molecule has 2 aromatic carbocycles. The lowest BCUT2D eigenvalue weighted by Gasteiger charge is -2.15. The summed E-state index contributed by atoms with van der Waals surface area (Å²) in [5.74, 6) is 0.766. The molecule has 0 fully saturated rings. The molecule has 1 atom stereocenters. The maximum Gasteiger partial charge on any atom is 0.0401 e. The second-order valence-electron chi connectivity index (χ2n) is 5.46. The summed E-state index contributed by atoms with van der Waals surface area (Å²) in [6.07, 6.45) is 2.46. The maximum absolute atomic E-state index is 3.86. The number of aryl methyl sites for hydroxylation is 1. The van der Waals surface area contributed by atoms with Crippen molar-refractivity contribution in [3.63, 3.8) is 0 Å². The van der Waals surface area contributed by atoms with Crippen molar-refractivity contribution in [2.45, 2.75) is 38.4 Å². The summed E-state index contributed by atoms with van der Waals surface area (Å²) < 4.78 is 0. The summed E-state index contributed by atoms with van der Waals surface area (Å²) in [4.78, 5) is 0.463. The van der Waals surface area contributed by atoms with Gasteiger partial charge >= 0.3 is 0 Å². The van der Waals surface area contributed by atoms with Gasteiger partial charge in [0, 0.05) is 4.83 Å². The molecule has 0 saturated carbocycles. The zero-order valence-electron chi connectivity index (χ0n) is 11.4. The number of rotatable bonds is 4. The van der Waals surface area contributed by atoms with Crippen molar-refractivity contribution < 1.29 is 0 Å². The molecule has 96 valence electrons.